The van der Waals surface area contributed by atoms with E-state index in [9.17, 15) is 0 Å². The van der Waals surface area contributed by atoms with Gasteiger partial charge in [-0.25, -0.2) is 0 Å². The Kier molecular flexibility index (Phi) is 3.23. The summed E-state index contributed by atoms with van der Waals surface area (Å²) in [5.74, 6) is 0. The lowest BCUT2D eigenvalue weighted by molar-refractivity contribution is 0.0198. The highest BCUT2D eigenvalue weighted by atomic mass is 16.5. The third-order valence-electron chi connectivity index (χ3n) is 3.01. The van der Waals surface area contributed by atoms with Crippen molar-refractivity contribution < 1.29 is 4.74 Å². The average molecular weight is 206 g/mol. The highest BCUT2D eigenvalue weighted by Gasteiger charge is 2.17. The molecule has 0 spiro atoms. The summed E-state index contributed by atoms with van der Waals surface area (Å²) in [7, 11) is 0. The van der Waals surface area contributed by atoms with Crippen LogP contribution >= 0.6 is 0 Å². The van der Waals surface area contributed by atoms with Gasteiger partial charge in [-0.1, -0.05) is 12.1 Å². The normalized spacial score (nSPS) is 20.1. The topological polar surface area (TPSA) is 38.5 Å². The molecule has 0 bridgehead atoms. The maximum Gasteiger partial charge on any atom is 0.0594 e. The third kappa shape index (κ3) is 2.49. The fourth-order valence-corrected chi connectivity index (χ4v) is 1.95. The SMILES string of the molecule is CC(c1ccc(N)cc1)N1CCOCC1. The molecular weight excluding hydrogens is 188 g/mol. The minimum atomic E-state index is 0.453. The Morgan fingerprint density at radius 1 is 1.20 bits per heavy atom. The molecule has 0 radical (unpaired) electrons. The number of nitrogens with zero attached hydrogens (tertiary/aromatic N) is 1. The van der Waals surface area contributed by atoms with Gasteiger partial charge in [-0.3, -0.25) is 4.90 Å². The van der Waals surface area contributed by atoms with Crippen molar-refractivity contribution in [3.63, 3.8) is 0 Å². The summed E-state index contributed by atoms with van der Waals surface area (Å²) in [5.41, 5.74) is 7.82. The molecule has 3 heteroatoms. The lowest BCUT2D eigenvalue weighted by Gasteiger charge is -2.32. The molecule has 1 atom stereocenters. The van der Waals surface area contributed by atoms with Gasteiger partial charge in [-0.05, 0) is 24.6 Å². The molecule has 82 valence electrons. The standard InChI is InChI=1S/C12H18N2O/c1-10(14-6-8-15-9-7-14)11-2-4-12(13)5-3-11/h2-5,10H,6-9,13H2,1H3. The zero-order chi connectivity index (χ0) is 10.7. The van der Waals surface area contributed by atoms with Gasteiger partial charge in [0.15, 0.2) is 0 Å². The maximum absolute atomic E-state index is 5.67. The van der Waals surface area contributed by atoms with Crippen molar-refractivity contribution >= 4 is 5.69 Å². The summed E-state index contributed by atoms with van der Waals surface area (Å²) >= 11 is 0. The highest BCUT2D eigenvalue weighted by molar-refractivity contribution is 5.40. The monoisotopic (exact) mass is 206 g/mol. The van der Waals surface area contributed by atoms with Gasteiger partial charge in [-0.2, -0.15) is 0 Å². The molecule has 0 aromatic heterocycles. The Balaban J connectivity index is 2.05. The molecule has 1 unspecified atom stereocenters. The van der Waals surface area contributed by atoms with E-state index in [0.717, 1.165) is 32.0 Å². The van der Waals surface area contributed by atoms with Gasteiger partial charge in [-0.15, -0.1) is 0 Å². The second-order valence-corrected chi connectivity index (χ2v) is 3.99. The quantitative estimate of drug-likeness (QED) is 0.748. The molecule has 1 saturated heterocycles. The predicted molar refractivity (Wildman–Crippen MR) is 61.7 cm³/mol. The van der Waals surface area contributed by atoms with Crippen LogP contribution in [0.4, 0.5) is 5.69 Å². The third-order valence-corrected chi connectivity index (χ3v) is 3.01. The molecular formula is C12H18N2O. The van der Waals surface area contributed by atoms with Crippen molar-refractivity contribution in [2.45, 2.75) is 13.0 Å². The zero-order valence-corrected chi connectivity index (χ0v) is 9.15. The number of hydrogen-bond acceptors (Lipinski definition) is 3. The van der Waals surface area contributed by atoms with Crippen molar-refractivity contribution in [1.82, 2.24) is 4.90 Å². The Hall–Kier alpha value is -1.06. The molecule has 15 heavy (non-hydrogen) atoms. The smallest absolute Gasteiger partial charge is 0.0594 e. The molecule has 2 rings (SSSR count). The van der Waals surface area contributed by atoms with Crippen LogP contribution in [0.25, 0.3) is 0 Å². The van der Waals surface area contributed by atoms with E-state index in [1.165, 1.54) is 5.56 Å². The van der Waals surface area contributed by atoms with E-state index in [0.29, 0.717) is 6.04 Å². The molecule has 1 heterocycles. The second kappa shape index (κ2) is 4.64. The molecule has 0 aliphatic carbocycles. The van der Waals surface area contributed by atoms with Crippen molar-refractivity contribution in [1.29, 1.82) is 0 Å². The lowest BCUT2D eigenvalue weighted by Crippen LogP contribution is -2.37. The first kappa shape index (κ1) is 10.5. The Bertz CT molecular complexity index is 304. The largest absolute Gasteiger partial charge is 0.399 e. The average Bonchev–Trinajstić information content (AvgIpc) is 2.30. The fourth-order valence-electron chi connectivity index (χ4n) is 1.95. The first-order valence-electron chi connectivity index (χ1n) is 5.44. The molecule has 1 fully saturated rings. The van der Waals surface area contributed by atoms with Crippen LogP contribution in [0.15, 0.2) is 24.3 Å². The molecule has 1 aliphatic heterocycles. The van der Waals surface area contributed by atoms with Crippen molar-refractivity contribution in [2.24, 2.45) is 0 Å². The lowest BCUT2D eigenvalue weighted by atomic mass is 10.1. The van der Waals surface area contributed by atoms with Gasteiger partial charge < -0.3 is 10.5 Å². The molecule has 3 nitrogen and oxygen atoms in total. The maximum atomic E-state index is 5.67. The fraction of sp³-hybridized carbons (Fsp3) is 0.500. The van der Waals surface area contributed by atoms with Crippen molar-refractivity contribution in [3.05, 3.63) is 29.8 Å². The van der Waals surface area contributed by atoms with Crippen LogP contribution < -0.4 is 5.73 Å². The number of nitrogen functional groups attached to an aromatic ring is 1. The van der Waals surface area contributed by atoms with Gasteiger partial charge in [0.2, 0.25) is 0 Å². The highest BCUT2D eigenvalue weighted by Crippen LogP contribution is 2.21. The molecule has 1 aromatic carbocycles. The number of benzene rings is 1. The van der Waals surface area contributed by atoms with Crippen molar-refractivity contribution in [2.75, 3.05) is 32.0 Å². The van der Waals surface area contributed by atoms with E-state index < -0.39 is 0 Å². The number of hydrogen-bond donors (Lipinski definition) is 1. The Morgan fingerprint density at radius 3 is 2.40 bits per heavy atom. The Labute approximate surface area is 90.8 Å². The number of morpholine rings is 1. The van der Waals surface area contributed by atoms with Crippen LogP contribution in [0, 0.1) is 0 Å². The molecule has 0 amide bonds. The van der Waals surface area contributed by atoms with E-state index >= 15 is 0 Å². The van der Waals surface area contributed by atoms with E-state index in [-0.39, 0.29) is 0 Å². The van der Waals surface area contributed by atoms with Crippen LogP contribution in [0.1, 0.15) is 18.5 Å². The minimum absolute atomic E-state index is 0.453. The summed E-state index contributed by atoms with van der Waals surface area (Å²) < 4.78 is 5.34. The molecule has 2 N–H and O–H groups in total. The Morgan fingerprint density at radius 2 is 1.80 bits per heavy atom. The molecule has 1 aromatic rings. The van der Waals surface area contributed by atoms with Crippen LogP contribution in [0.2, 0.25) is 0 Å². The number of nitrogens with two attached hydrogens (primary N) is 1. The van der Waals surface area contributed by atoms with Crippen LogP contribution in [-0.4, -0.2) is 31.2 Å². The summed E-state index contributed by atoms with van der Waals surface area (Å²) in [6.45, 7) is 5.96. The summed E-state index contributed by atoms with van der Waals surface area (Å²) in [6, 6.07) is 8.60. The second-order valence-electron chi connectivity index (χ2n) is 3.99. The van der Waals surface area contributed by atoms with E-state index in [1.54, 1.807) is 0 Å². The van der Waals surface area contributed by atoms with E-state index in [1.807, 2.05) is 12.1 Å². The van der Waals surface area contributed by atoms with Gasteiger partial charge in [0.25, 0.3) is 0 Å². The van der Waals surface area contributed by atoms with E-state index in [4.69, 9.17) is 10.5 Å². The number of rotatable bonds is 2. The number of ether oxygens (including phenoxy) is 1. The molecule has 1 aliphatic rings. The first-order chi connectivity index (χ1) is 7.27. The predicted octanol–water partition coefficient (Wildman–Crippen LogP) is 1.66. The molecule has 0 saturated carbocycles. The van der Waals surface area contributed by atoms with Crippen molar-refractivity contribution in [3.8, 4) is 0 Å². The van der Waals surface area contributed by atoms with Gasteiger partial charge in [0, 0.05) is 24.8 Å². The number of anilines is 1. The van der Waals surface area contributed by atoms with Crippen LogP contribution in [0.3, 0.4) is 0 Å². The minimum Gasteiger partial charge on any atom is -0.399 e. The van der Waals surface area contributed by atoms with Gasteiger partial charge in [0.1, 0.15) is 0 Å². The zero-order valence-electron chi connectivity index (χ0n) is 9.15. The van der Waals surface area contributed by atoms with Crippen LogP contribution in [-0.2, 0) is 4.74 Å². The summed E-state index contributed by atoms with van der Waals surface area (Å²) in [5, 5.41) is 0. The van der Waals surface area contributed by atoms with Gasteiger partial charge >= 0.3 is 0 Å². The van der Waals surface area contributed by atoms with E-state index in [2.05, 4.69) is 24.0 Å². The van der Waals surface area contributed by atoms with Gasteiger partial charge in [0.05, 0.1) is 13.2 Å². The first-order valence-corrected chi connectivity index (χ1v) is 5.44. The van der Waals surface area contributed by atoms with Crippen LogP contribution in [0.5, 0.6) is 0 Å². The summed E-state index contributed by atoms with van der Waals surface area (Å²) in [6.07, 6.45) is 0. The summed E-state index contributed by atoms with van der Waals surface area (Å²) in [4.78, 5) is 2.44.